The molecule has 8 nitrogen and oxygen atoms in total. The van der Waals surface area contributed by atoms with Crippen molar-refractivity contribution in [3.63, 3.8) is 0 Å². The van der Waals surface area contributed by atoms with Crippen molar-refractivity contribution < 1.29 is 23.7 Å². The van der Waals surface area contributed by atoms with Crippen LogP contribution in [0.3, 0.4) is 0 Å². The van der Waals surface area contributed by atoms with E-state index >= 15 is 0 Å². The number of hydrogen-bond acceptors (Lipinski definition) is 6. The molecule has 0 atom stereocenters. The number of imide groups is 1. The van der Waals surface area contributed by atoms with Gasteiger partial charge in [0.2, 0.25) is 0 Å². The van der Waals surface area contributed by atoms with Crippen molar-refractivity contribution in [1.29, 1.82) is 0 Å². The zero-order chi connectivity index (χ0) is 21.0. The first-order valence-electron chi connectivity index (χ1n) is 8.39. The number of rotatable bonds is 6. The molecule has 2 aromatic rings. The maximum atomic E-state index is 13.0. The van der Waals surface area contributed by atoms with Crippen molar-refractivity contribution in [3.8, 4) is 0 Å². The number of nitrogens with one attached hydrogen (secondary N) is 1. The van der Waals surface area contributed by atoms with Crippen molar-refractivity contribution in [3.05, 3.63) is 80.5 Å². The first-order chi connectivity index (χ1) is 13.8. The van der Waals surface area contributed by atoms with Gasteiger partial charge in [0, 0.05) is 30.8 Å². The monoisotopic (exact) mass is 415 g/mol. The highest BCUT2D eigenvalue weighted by molar-refractivity contribution is 8.18. The van der Waals surface area contributed by atoms with Crippen LogP contribution in [0.2, 0.25) is 0 Å². The number of thioether (sulfide) groups is 1. The van der Waals surface area contributed by atoms with Gasteiger partial charge in [0.15, 0.2) is 0 Å². The van der Waals surface area contributed by atoms with Crippen LogP contribution in [-0.2, 0) is 4.79 Å². The summed E-state index contributed by atoms with van der Waals surface area (Å²) in [6, 6.07) is 10.6. The predicted molar refractivity (Wildman–Crippen MR) is 105 cm³/mol. The summed E-state index contributed by atoms with van der Waals surface area (Å²) in [6.45, 7) is 0.00182. The molecule has 1 aliphatic rings. The van der Waals surface area contributed by atoms with Crippen molar-refractivity contribution in [2.45, 2.75) is 0 Å². The fourth-order valence-electron chi connectivity index (χ4n) is 2.52. The molecule has 148 valence electrons. The number of carbonyl (C=O) groups is 3. The van der Waals surface area contributed by atoms with Crippen LogP contribution < -0.4 is 5.32 Å². The molecule has 3 amide bonds. The van der Waals surface area contributed by atoms with Gasteiger partial charge in [0.1, 0.15) is 5.82 Å². The molecule has 1 fully saturated rings. The number of non-ortho nitro benzene ring substituents is 1. The number of amides is 3. The zero-order valence-electron chi connectivity index (χ0n) is 14.8. The summed E-state index contributed by atoms with van der Waals surface area (Å²) in [5.74, 6) is -1.37. The summed E-state index contributed by atoms with van der Waals surface area (Å²) in [7, 11) is 0. The summed E-state index contributed by atoms with van der Waals surface area (Å²) >= 11 is 0.769. The average molecular weight is 415 g/mol. The third-order valence-electron chi connectivity index (χ3n) is 4.00. The SMILES string of the molecule is O=C(NCCN1C(=O)SC(=Cc2ccc(F)cc2)C1=O)c1ccc([N+](=O)[O-])cc1. The molecule has 0 radical (unpaired) electrons. The van der Waals surface area contributed by atoms with Gasteiger partial charge in [-0.15, -0.1) is 0 Å². The molecular formula is C19H14FN3O5S. The summed E-state index contributed by atoms with van der Waals surface area (Å²) in [5.41, 5.74) is 0.677. The second-order valence-electron chi connectivity index (χ2n) is 5.94. The topological polar surface area (TPSA) is 110 Å². The molecule has 2 aromatic carbocycles. The Bertz CT molecular complexity index is 1010. The van der Waals surface area contributed by atoms with Crippen molar-refractivity contribution in [1.82, 2.24) is 10.2 Å². The van der Waals surface area contributed by atoms with Crippen LogP contribution in [0.4, 0.5) is 14.9 Å². The van der Waals surface area contributed by atoms with Crippen LogP contribution in [0.1, 0.15) is 15.9 Å². The van der Waals surface area contributed by atoms with Crippen molar-refractivity contribution in [2.24, 2.45) is 0 Å². The van der Waals surface area contributed by atoms with E-state index < -0.39 is 27.8 Å². The Hall–Kier alpha value is -3.53. The Balaban J connectivity index is 1.57. The first kappa shape index (κ1) is 20.2. The minimum atomic E-state index is -0.568. The lowest BCUT2D eigenvalue weighted by Crippen LogP contribution is -2.37. The maximum Gasteiger partial charge on any atom is 0.293 e. The Morgan fingerprint density at radius 2 is 1.79 bits per heavy atom. The van der Waals surface area contributed by atoms with Crippen LogP contribution >= 0.6 is 11.8 Å². The van der Waals surface area contributed by atoms with Gasteiger partial charge in [-0.25, -0.2) is 4.39 Å². The van der Waals surface area contributed by atoms with E-state index in [0.717, 1.165) is 16.7 Å². The highest BCUT2D eigenvalue weighted by Crippen LogP contribution is 2.31. The summed E-state index contributed by atoms with van der Waals surface area (Å²) in [5, 5.41) is 12.7. The van der Waals surface area contributed by atoms with Crippen LogP contribution in [0, 0.1) is 15.9 Å². The molecule has 29 heavy (non-hydrogen) atoms. The van der Waals surface area contributed by atoms with Gasteiger partial charge in [0.05, 0.1) is 9.83 Å². The van der Waals surface area contributed by atoms with E-state index in [9.17, 15) is 28.9 Å². The molecule has 1 aliphatic heterocycles. The van der Waals surface area contributed by atoms with Crippen LogP contribution in [-0.4, -0.2) is 40.0 Å². The van der Waals surface area contributed by atoms with E-state index in [4.69, 9.17) is 0 Å². The lowest BCUT2D eigenvalue weighted by Gasteiger charge is -2.13. The van der Waals surface area contributed by atoms with E-state index in [2.05, 4.69) is 5.32 Å². The number of nitro benzene ring substituents is 1. The number of hydrogen-bond donors (Lipinski definition) is 1. The minimum Gasteiger partial charge on any atom is -0.350 e. The van der Waals surface area contributed by atoms with E-state index in [1.54, 1.807) is 0 Å². The van der Waals surface area contributed by atoms with Gasteiger partial charge in [-0.1, -0.05) is 12.1 Å². The third-order valence-corrected chi connectivity index (χ3v) is 4.91. The van der Waals surface area contributed by atoms with E-state index in [1.165, 1.54) is 54.6 Å². The van der Waals surface area contributed by atoms with Gasteiger partial charge in [0.25, 0.3) is 22.7 Å². The molecule has 0 saturated carbocycles. The molecule has 1 heterocycles. The Labute approximate surface area is 168 Å². The first-order valence-corrected chi connectivity index (χ1v) is 9.20. The summed E-state index contributed by atoms with van der Waals surface area (Å²) in [6.07, 6.45) is 1.50. The highest BCUT2D eigenvalue weighted by Gasteiger charge is 2.34. The minimum absolute atomic E-state index is 0.0237. The Morgan fingerprint density at radius 3 is 2.41 bits per heavy atom. The molecule has 0 aromatic heterocycles. The lowest BCUT2D eigenvalue weighted by atomic mass is 10.2. The number of nitro groups is 1. The summed E-state index contributed by atoms with van der Waals surface area (Å²) in [4.78, 5) is 47.8. The number of nitrogens with zero attached hydrogens (tertiary/aromatic N) is 2. The largest absolute Gasteiger partial charge is 0.350 e. The van der Waals surface area contributed by atoms with Crippen molar-refractivity contribution >= 4 is 40.6 Å². The molecule has 0 aliphatic carbocycles. The van der Waals surface area contributed by atoms with Gasteiger partial charge in [-0.2, -0.15) is 0 Å². The van der Waals surface area contributed by atoms with E-state index in [1.807, 2.05) is 0 Å². The molecular weight excluding hydrogens is 401 g/mol. The second kappa shape index (κ2) is 8.65. The zero-order valence-corrected chi connectivity index (χ0v) is 15.6. The van der Waals surface area contributed by atoms with Gasteiger partial charge >= 0.3 is 0 Å². The molecule has 0 spiro atoms. The molecule has 10 heteroatoms. The third kappa shape index (κ3) is 4.85. The Morgan fingerprint density at radius 1 is 1.14 bits per heavy atom. The molecule has 1 saturated heterocycles. The van der Waals surface area contributed by atoms with Crippen LogP contribution in [0.15, 0.2) is 53.4 Å². The molecule has 0 unspecified atom stereocenters. The van der Waals surface area contributed by atoms with E-state index in [-0.39, 0.29) is 29.2 Å². The fourth-order valence-corrected chi connectivity index (χ4v) is 3.39. The average Bonchev–Trinajstić information content (AvgIpc) is 2.97. The van der Waals surface area contributed by atoms with Gasteiger partial charge < -0.3 is 5.32 Å². The summed E-state index contributed by atoms with van der Waals surface area (Å²) < 4.78 is 13.0. The van der Waals surface area contributed by atoms with Gasteiger partial charge in [-0.3, -0.25) is 29.4 Å². The normalized spacial score (nSPS) is 15.1. The standard InChI is InChI=1S/C19H14FN3O5S/c20-14-5-1-12(2-6-14)11-16-18(25)22(19(26)29-16)10-9-21-17(24)13-3-7-15(8-4-13)23(27)28/h1-8,11H,9-10H2,(H,21,24). The maximum absolute atomic E-state index is 13.0. The van der Waals surface area contributed by atoms with Crippen LogP contribution in [0.25, 0.3) is 6.08 Å². The quantitative estimate of drug-likeness (QED) is 0.441. The smallest absolute Gasteiger partial charge is 0.293 e. The number of halogens is 1. The number of carbonyl (C=O) groups excluding carboxylic acids is 3. The van der Waals surface area contributed by atoms with Gasteiger partial charge in [-0.05, 0) is 47.7 Å². The number of benzene rings is 2. The fraction of sp³-hybridized carbons (Fsp3) is 0.105. The molecule has 3 rings (SSSR count). The lowest BCUT2D eigenvalue weighted by molar-refractivity contribution is -0.384. The molecule has 0 bridgehead atoms. The predicted octanol–water partition coefficient (Wildman–Crippen LogP) is 3.20. The Kier molecular flexibility index (Phi) is 6.03. The highest BCUT2D eigenvalue weighted by atomic mass is 32.2. The van der Waals surface area contributed by atoms with Crippen LogP contribution in [0.5, 0.6) is 0 Å². The molecule has 1 N–H and O–H groups in total. The van der Waals surface area contributed by atoms with E-state index in [0.29, 0.717) is 5.56 Å². The van der Waals surface area contributed by atoms with Crippen molar-refractivity contribution in [2.75, 3.05) is 13.1 Å². The second-order valence-corrected chi connectivity index (χ2v) is 6.94.